The van der Waals surface area contributed by atoms with E-state index in [-0.39, 0.29) is 5.56 Å². The predicted octanol–water partition coefficient (Wildman–Crippen LogP) is 2.38. The van der Waals surface area contributed by atoms with Gasteiger partial charge < -0.3 is 10.8 Å². The zero-order valence-electron chi connectivity index (χ0n) is 10.8. The molecule has 0 saturated carbocycles. The first-order chi connectivity index (χ1) is 10.0. The number of ketones is 1. The third-order valence-corrected chi connectivity index (χ3v) is 2.66. The Kier molecular flexibility index (Phi) is 5.23. The number of Topliss-reactive ketones (excluding diaryl/α,β-unsaturated/α-hetero) is 1. The number of hydrogen-bond acceptors (Lipinski definition) is 3. The van der Waals surface area contributed by atoms with Crippen LogP contribution in [0.4, 0.5) is 22.0 Å². The molecule has 1 aromatic rings. The highest BCUT2D eigenvalue weighted by Crippen LogP contribution is 2.29. The SMILES string of the molecule is NC(Cc1ccc(C(F)(F)F)cc1)=C(C(=O)O)C(=O)C(F)F. The minimum absolute atomic E-state index is 0.145. The van der Waals surface area contributed by atoms with Crippen LogP contribution in [0.15, 0.2) is 35.5 Å². The molecule has 22 heavy (non-hydrogen) atoms. The van der Waals surface area contributed by atoms with E-state index >= 15 is 0 Å². The number of carboxylic acid groups (broad SMARTS) is 1. The lowest BCUT2D eigenvalue weighted by Gasteiger charge is -2.09. The van der Waals surface area contributed by atoms with Gasteiger partial charge in [0, 0.05) is 12.1 Å². The Morgan fingerprint density at radius 3 is 2.00 bits per heavy atom. The highest BCUT2D eigenvalue weighted by Gasteiger charge is 2.30. The van der Waals surface area contributed by atoms with Crippen molar-refractivity contribution < 1.29 is 36.6 Å². The van der Waals surface area contributed by atoms with Crippen LogP contribution in [0.3, 0.4) is 0 Å². The first-order valence-electron chi connectivity index (χ1n) is 5.74. The van der Waals surface area contributed by atoms with E-state index < -0.39 is 47.6 Å². The third kappa shape index (κ3) is 4.27. The van der Waals surface area contributed by atoms with Gasteiger partial charge in [0.2, 0.25) is 5.78 Å². The molecule has 0 radical (unpaired) electrons. The summed E-state index contributed by atoms with van der Waals surface area (Å²) in [5, 5.41) is 8.75. The smallest absolute Gasteiger partial charge is 0.416 e. The van der Waals surface area contributed by atoms with E-state index in [1.54, 1.807) is 0 Å². The molecule has 0 heterocycles. The minimum atomic E-state index is -4.54. The van der Waals surface area contributed by atoms with Gasteiger partial charge in [0.25, 0.3) is 0 Å². The summed E-state index contributed by atoms with van der Waals surface area (Å²) in [4.78, 5) is 21.9. The molecule has 3 N–H and O–H groups in total. The second-order valence-electron chi connectivity index (χ2n) is 4.24. The van der Waals surface area contributed by atoms with Crippen LogP contribution in [-0.2, 0) is 22.2 Å². The van der Waals surface area contributed by atoms with Gasteiger partial charge in [-0.05, 0) is 17.7 Å². The second kappa shape index (κ2) is 6.54. The molecule has 0 bridgehead atoms. The van der Waals surface area contributed by atoms with E-state index in [0.717, 1.165) is 24.3 Å². The fourth-order valence-electron chi connectivity index (χ4n) is 1.63. The quantitative estimate of drug-likeness (QED) is 0.377. The molecule has 0 aliphatic heterocycles. The molecule has 1 rings (SSSR count). The van der Waals surface area contributed by atoms with Crippen molar-refractivity contribution in [2.24, 2.45) is 5.73 Å². The molecule has 0 aliphatic carbocycles. The summed E-state index contributed by atoms with van der Waals surface area (Å²) < 4.78 is 61.7. The number of aliphatic carboxylic acids is 1. The van der Waals surface area contributed by atoms with Gasteiger partial charge in [-0.2, -0.15) is 13.2 Å². The Hall–Kier alpha value is -2.45. The summed E-state index contributed by atoms with van der Waals surface area (Å²) in [6.07, 6.45) is -8.53. The summed E-state index contributed by atoms with van der Waals surface area (Å²) in [7, 11) is 0. The Labute approximate surface area is 121 Å². The number of hydrogen-bond donors (Lipinski definition) is 2. The van der Waals surface area contributed by atoms with Crippen LogP contribution in [0, 0.1) is 0 Å². The van der Waals surface area contributed by atoms with Crippen LogP contribution in [-0.4, -0.2) is 23.3 Å². The lowest BCUT2D eigenvalue weighted by molar-refractivity contribution is -0.138. The monoisotopic (exact) mass is 323 g/mol. The Balaban J connectivity index is 3.08. The molecule has 0 aliphatic rings. The van der Waals surface area contributed by atoms with Crippen molar-refractivity contribution in [1.29, 1.82) is 0 Å². The van der Waals surface area contributed by atoms with Crippen LogP contribution in [0.25, 0.3) is 0 Å². The molecule has 0 aromatic heterocycles. The highest BCUT2D eigenvalue weighted by molar-refractivity contribution is 6.18. The van der Waals surface area contributed by atoms with Crippen LogP contribution >= 0.6 is 0 Å². The molecule has 0 amide bonds. The number of carbonyl (C=O) groups excluding carboxylic acids is 1. The van der Waals surface area contributed by atoms with Crippen LogP contribution in [0.1, 0.15) is 11.1 Å². The summed E-state index contributed by atoms with van der Waals surface area (Å²) in [6.45, 7) is 0. The lowest BCUT2D eigenvalue weighted by atomic mass is 10.0. The van der Waals surface area contributed by atoms with Gasteiger partial charge in [0.1, 0.15) is 5.57 Å². The Morgan fingerprint density at radius 1 is 1.14 bits per heavy atom. The Bertz CT molecular complexity index is 605. The zero-order valence-corrected chi connectivity index (χ0v) is 10.8. The molecule has 120 valence electrons. The number of benzene rings is 1. The molecule has 0 spiro atoms. The zero-order chi connectivity index (χ0) is 17.1. The molecule has 0 atom stereocenters. The lowest BCUT2D eigenvalue weighted by Crippen LogP contribution is -2.24. The molecule has 0 saturated heterocycles. The number of carboxylic acids is 1. The van der Waals surface area contributed by atoms with Gasteiger partial charge in [0.15, 0.2) is 0 Å². The molecular weight excluding hydrogens is 313 g/mol. The first kappa shape index (κ1) is 17.6. The summed E-state index contributed by atoms with van der Waals surface area (Å²) in [5.41, 5.74) is 2.63. The van der Waals surface area contributed by atoms with Crippen molar-refractivity contribution >= 4 is 11.8 Å². The van der Waals surface area contributed by atoms with Gasteiger partial charge in [0.05, 0.1) is 5.56 Å². The van der Waals surface area contributed by atoms with Crippen molar-refractivity contribution in [3.05, 3.63) is 46.7 Å². The number of halogens is 5. The van der Waals surface area contributed by atoms with E-state index in [9.17, 15) is 31.5 Å². The van der Waals surface area contributed by atoms with Crippen molar-refractivity contribution in [2.75, 3.05) is 0 Å². The maximum Gasteiger partial charge on any atom is 0.416 e. The van der Waals surface area contributed by atoms with Crippen molar-refractivity contribution in [2.45, 2.75) is 19.0 Å². The van der Waals surface area contributed by atoms with E-state index in [2.05, 4.69) is 0 Å². The number of rotatable bonds is 5. The van der Waals surface area contributed by atoms with Crippen molar-refractivity contribution in [3.63, 3.8) is 0 Å². The summed E-state index contributed by atoms with van der Waals surface area (Å²) in [5.74, 6) is -3.87. The largest absolute Gasteiger partial charge is 0.477 e. The van der Waals surface area contributed by atoms with Gasteiger partial charge in [-0.15, -0.1) is 0 Å². The fraction of sp³-hybridized carbons (Fsp3) is 0.231. The van der Waals surface area contributed by atoms with Gasteiger partial charge >= 0.3 is 18.6 Å². The minimum Gasteiger partial charge on any atom is -0.477 e. The summed E-state index contributed by atoms with van der Waals surface area (Å²) in [6, 6.07) is 3.50. The van der Waals surface area contributed by atoms with Crippen LogP contribution in [0.2, 0.25) is 0 Å². The maximum absolute atomic E-state index is 12.4. The average Bonchev–Trinajstić information content (AvgIpc) is 2.37. The molecule has 4 nitrogen and oxygen atoms in total. The number of nitrogens with two attached hydrogens (primary N) is 1. The van der Waals surface area contributed by atoms with E-state index in [1.165, 1.54) is 0 Å². The predicted molar refractivity (Wildman–Crippen MR) is 65.0 cm³/mol. The highest BCUT2D eigenvalue weighted by atomic mass is 19.4. The van der Waals surface area contributed by atoms with Crippen molar-refractivity contribution in [3.8, 4) is 0 Å². The maximum atomic E-state index is 12.4. The molecular formula is C13H10F5NO3. The first-order valence-corrected chi connectivity index (χ1v) is 5.74. The molecule has 0 fully saturated rings. The number of alkyl halides is 5. The van der Waals surface area contributed by atoms with E-state index in [0.29, 0.717) is 0 Å². The van der Waals surface area contributed by atoms with Crippen LogP contribution in [0.5, 0.6) is 0 Å². The van der Waals surface area contributed by atoms with Crippen LogP contribution < -0.4 is 5.73 Å². The van der Waals surface area contributed by atoms with E-state index in [1.807, 2.05) is 0 Å². The fourth-order valence-corrected chi connectivity index (χ4v) is 1.63. The van der Waals surface area contributed by atoms with Gasteiger partial charge in [-0.3, -0.25) is 4.79 Å². The normalized spacial score (nSPS) is 13.0. The topological polar surface area (TPSA) is 80.4 Å². The number of carbonyl (C=O) groups is 2. The van der Waals surface area contributed by atoms with Crippen molar-refractivity contribution in [1.82, 2.24) is 0 Å². The third-order valence-electron chi connectivity index (χ3n) is 2.66. The number of allylic oxidation sites excluding steroid dienone is 1. The second-order valence-corrected chi connectivity index (χ2v) is 4.24. The van der Waals surface area contributed by atoms with Gasteiger partial charge in [-0.1, -0.05) is 12.1 Å². The molecule has 1 aromatic carbocycles. The van der Waals surface area contributed by atoms with Gasteiger partial charge in [-0.25, -0.2) is 13.6 Å². The Morgan fingerprint density at radius 2 is 1.64 bits per heavy atom. The molecule has 0 unspecified atom stereocenters. The van der Waals surface area contributed by atoms with E-state index in [4.69, 9.17) is 10.8 Å². The summed E-state index contributed by atoms with van der Waals surface area (Å²) >= 11 is 0. The standard InChI is InChI=1S/C13H10F5NO3/c14-11(15)10(20)9(12(21)22)8(19)5-6-1-3-7(4-2-6)13(16,17)18/h1-4,11H,5,19H2,(H,21,22). The average molecular weight is 323 g/mol. The molecule has 9 heteroatoms.